The zero-order chi connectivity index (χ0) is 22.4. The van der Waals surface area contributed by atoms with Crippen LogP contribution in [0.15, 0.2) is 66.7 Å². The van der Waals surface area contributed by atoms with Crippen molar-refractivity contribution in [1.29, 1.82) is 0 Å². The van der Waals surface area contributed by atoms with Gasteiger partial charge in [-0.3, -0.25) is 9.59 Å². The molecular weight excluding hydrogens is 404 g/mol. The Balaban J connectivity index is 2.03. The molecule has 0 unspecified atom stereocenters. The molecule has 5 heteroatoms. The van der Waals surface area contributed by atoms with Gasteiger partial charge in [-0.25, -0.2) is 0 Å². The number of carbonyl (C=O) groups excluding carboxylic acids is 2. The molecular formula is C27H20O5. The second-order valence-corrected chi connectivity index (χ2v) is 7.54. The Morgan fingerprint density at radius 1 is 0.719 bits per heavy atom. The molecule has 4 aromatic rings. The van der Waals surface area contributed by atoms with E-state index in [4.69, 9.17) is 14.2 Å². The van der Waals surface area contributed by atoms with Crippen molar-refractivity contribution in [3.8, 4) is 39.5 Å². The number of fused-ring (bicyclic) bond motifs is 5. The lowest BCUT2D eigenvalue weighted by molar-refractivity contribution is -0.131. The quantitative estimate of drug-likeness (QED) is 0.275. The normalized spacial score (nSPS) is 11.8. The maximum atomic E-state index is 13.6. The van der Waals surface area contributed by atoms with Gasteiger partial charge in [-0.05, 0) is 28.6 Å². The first kappa shape index (κ1) is 19.8. The van der Waals surface area contributed by atoms with Crippen molar-refractivity contribution in [2.45, 2.75) is 6.92 Å². The molecule has 1 aliphatic rings. The molecule has 4 aromatic carbocycles. The van der Waals surface area contributed by atoms with Gasteiger partial charge in [0.15, 0.2) is 17.3 Å². The molecule has 0 atom stereocenters. The van der Waals surface area contributed by atoms with Crippen LogP contribution in [-0.4, -0.2) is 26.0 Å². The highest BCUT2D eigenvalue weighted by Gasteiger charge is 2.35. The third-order valence-corrected chi connectivity index (χ3v) is 5.74. The van der Waals surface area contributed by atoms with Gasteiger partial charge in [0.25, 0.3) is 0 Å². The number of hydrogen-bond donors (Lipinski definition) is 0. The van der Waals surface area contributed by atoms with E-state index >= 15 is 0 Å². The average molecular weight is 424 g/mol. The van der Waals surface area contributed by atoms with E-state index in [9.17, 15) is 9.59 Å². The number of ether oxygens (including phenoxy) is 3. The third-order valence-electron chi connectivity index (χ3n) is 5.74. The summed E-state index contributed by atoms with van der Waals surface area (Å²) in [5.41, 5.74) is 4.17. The van der Waals surface area contributed by atoms with Gasteiger partial charge >= 0.3 is 5.97 Å². The Hall–Kier alpha value is -4.12. The summed E-state index contributed by atoms with van der Waals surface area (Å²) >= 11 is 0. The first-order valence-corrected chi connectivity index (χ1v) is 10.2. The highest BCUT2D eigenvalue weighted by molar-refractivity contribution is 6.30. The van der Waals surface area contributed by atoms with E-state index in [1.165, 1.54) is 6.92 Å². The lowest BCUT2D eigenvalue weighted by Gasteiger charge is -2.19. The second-order valence-electron chi connectivity index (χ2n) is 7.54. The van der Waals surface area contributed by atoms with Crippen molar-refractivity contribution >= 4 is 22.5 Å². The van der Waals surface area contributed by atoms with Gasteiger partial charge in [-0.1, -0.05) is 54.6 Å². The summed E-state index contributed by atoms with van der Waals surface area (Å²) in [6, 6.07) is 20.7. The van der Waals surface area contributed by atoms with Crippen LogP contribution in [0.1, 0.15) is 22.8 Å². The Labute approximate surface area is 185 Å². The molecule has 0 aliphatic heterocycles. The molecule has 0 saturated carbocycles. The van der Waals surface area contributed by atoms with Gasteiger partial charge in [0.05, 0.1) is 14.2 Å². The summed E-state index contributed by atoms with van der Waals surface area (Å²) in [7, 11) is 3.12. The molecule has 5 nitrogen and oxygen atoms in total. The Morgan fingerprint density at radius 2 is 1.31 bits per heavy atom. The van der Waals surface area contributed by atoms with Gasteiger partial charge in [0.1, 0.15) is 5.75 Å². The van der Waals surface area contributed by atoms with Crippen molar-refractivity contribution < 1.29 is 23.8 Å². The van der Waals surface area contributed by atoms with Crippen molar-refractivity contribution in [2.75, 3.05) is 14.2 Å². The van der Waals surface area contributed by atoms with Crippen molar-refractivity contribution in [2.24, 2.45) is 0 Å². The number of methoxy groups -OCH3 is 2. The molecule has 0 saturated heterocycles. The molecule has 0 amide bonds. The summed E-state index contributed by atoms with van der Waals surface area (Å²) in [4.78, 5) is 25.8. The molecule has 0 fully saturated rings. The smallest absolute Gasteiger partial charge is 0.308 e. The first-order chi connectivity index (χ1) is 15.5. The summed E-state index contributed by atoms with van der Waals surface area (Å²) in [6.45, 7) is 1.35. The number of benzene rings is 4. The van der Waals surface area contributed by atoms with Crippen LogP contribution in [0.25, 0.3) is 33.0 Å². The number of esters is 1. The Morgan fingerprint density at radius 3 is 1.94 bits per heavy atom. The van der Waals surface area contributed by atoms with Gasteiger partial charge < -0.3 is 14.2 Å². The van der Waals surface area contributed by atoms with E-state index < -0.39 is 5.97 Å². The van der Waals surface area contributed by atoms with E-state index in [2.05, 4.69) is 0 Å². The lowest BCUT2D eigenvalue weighted by atomic mass is 9.89. The minimum Gasteiger partial charge on any atom is -0.493 e. The van der Waals surface area contributed by atoms with E-state index in [1.54, 1.807) is 20.3 Å². The van der Waals surface area contributed by atoms with Crippen molar-refractivity contribution in [3.63, 3.8) is 0 Å². The maximum Gasteiger partial charge on any atom is 0.308 e. The average Bonchev–Trinajstić information content (AvgIpc) is 3.11. The zero-order valence-electron chi connectivity index (χ0n) is 17.9. The fourth-order valence-electron chi connectivity index (χ4n) is 4.45. The van der Waals surface area contributed by atoms with Crippen LogP contribution in [0.4, 0.5) is 0 Å². The lowest BCUT2D eigenvalue weighted by Crippen LogP contribution is -2.07. The van der Waals surface area contributed by atoms with E-state index in [-0.39, 0.29) is 5.78 Å². The summed E-state index contributed by atoms with van der Waals surface area (Å²) in [5, 5.41) is 1.42. The summed E-state index contributed by atoms with van der Waals surface area (Å²) in [5.74, 6) is 0.797. The fraction of sp³-hybridized carbons (Fsp3) is 0.111. The van der Waals surface area contributed by atoms with Gasteiger partial charge in [0, 0.05) is 34.6 Å². The predicted octanol–water partition coefficient (Wildman–Crippen LogP) is 5.66. The minimum absolute atomic E-state index is 0.0976. The molecule has 158 valence electrons. The van der Waals surface area contributed by atoms with E-state index in [1.807, 2.05) is 60.7 Å². The molecule has 0 spiro atoms. The van der Waals surface area contributed by atoms with Crippen LogP contribution in [0.2, 0.25) is 0 Å². The second kappa shape index (κ2) is 7.54. The predicted molar refractivity (Wildman–Crippen MR) is 123 cm³/mol. The van der Waals surface area contributed by atoms with Crippen LogP contribution in [0.5, 0.6) is 17.2 Å². The number of rotatable bonds is 4. The maximum absolute atomic E-state index is 13.6. The van der Waals surface area contributed by atoms with Crippen molar-refractivity contribution in [3.05, 3.63) is 77.9 Å². The van der Waals surface area contributed by atoms with Crippen LogP contribution < -0.4 is 14.2 Å². The number of hydrogen-bond acceptors (Lipinski definition) is 5. The number of ketones is 1. The first-order valence-electron chi connectivity index (χ1n) is 10.2. The van der Waals surface area contributed by atoms with E-state index in [0.717, 1.165) is 22.1 Å². The zero-order valence-corrected chi connectivity index (χ0v) is 17.9. The standard InChI is InChI=1S/C27H20O5/c1-15(28)32-27-20-14-22(31-3)21(30-2)13-19(20)24-17-11-7-8-12-18(17)26(29)25(24)23(27)16-9-5-4-6-10-16/h4-14H,1-3H3. The minimum atomic E-state index is -0.471. The van der Waals surface area contributed by atoms with Gasteiger partial charge in [0.2, 0.25) is 0 Å². The molecule has 0 radical (unpaired) electrons. The van der Waals surface area contributed by atoms with Crippen molar-refractivity contribution in [1.82, 2.24) is 0 Å². The topological polar surface area (TPSA) is 61.8 Å². The monoisotopic (exact) mass is 424 g/mol. The van der Waals surface area contributed by atoms with Crippen LogP contribution in [0, 0.1) is 0 Å². The van der Waals surface area contributed by atoms with Gasteiger partial charge in [-0.2, -0.15) is 0 Å². The molecule has 0 aromatic heterocycles. The van der Waals surface area contributed by atoms with E-state index in [0.29, 0.717) is 39.3 Å². The fourth-order valence-corrected chi connectivity index (χ4v) is 4.45. The van der Waals surface area contributed by atoms with Gasteiger partial charge in [-0.15, -0.1) is 0 Å². The Kier molecular flexibility index (Phi) is 4.67. The molecule has 32 heavy (non-hydrogen) atoms. The molecule has 1 aliphatic carbocycles. The van der Waals surface area contributed by atoms with Crippen LogP contribution in [-0.2, 0) is 4.79 Å². The highest BCUT2D eigenvalue weighted by atomic mass is 16.5. The molecule has 0 N–H and O–H groups in total. The summed E-state index contributed by atoms with van der Waals surface area (Å²) in [6.07, 6.45) is 0. The summed E-state index contributed by atoms with van der Waals surface area (Å²) < 4.78 is 16.8. The number of carbonyl (C=O) groups is 2. The third kappa shape index (κ3) is 2.86. The molecule has 0 bridgehead atoms. The SMILES string of the molecule is COc1cc2c(OC(C)=O)c(-c3ccccc3)c3c(c2cc1OC)-c1ccccc1C3=O. The highest BCUT2D eigenvalue weighted by Crippen LogP contribution is 2.53. The molecule has 0 heterocycles. The van der Waals surface area contributed by atoms with Crippen LogP contribution in [0.3, 0.4) is 0 Å². The van der Waals surface area contributed by atoms with Crippen LogP contribution >= 0.6 is 0 Å². The largest absolute Gasteiger partial charge is 0.493 e. The molecule has 5 rings (SSSR count). The Bertz CT molecular complexity index is 1400.